The van der Waals surface area contributed by atoms with Gasteiger partial charge in [-0.3, -0.25) is 4.79 Å². The maximum atomic E-state index is 12.0. The van der Waals surface area contributed by atoms with Crippen LogP contribution in [0.3, 0.4) is 0 Å². The number of carbonyl (C=O) groups excluding carboxylic acids is 1. The zero-order valence-electron chi connectivity index (χ0n) is 16.8. The van der Waals surface area contributed by atoms with Gasteiger partial charge < -0.3 is 24.4 Å². The molecule has 0 bridgehead atoms. The van der Waals surface area contributed by atoms with Crippen molar-refractivity contribution >= 4 is 35.9 Å². The van der Waals surface area contributed by atoms with Crippen LogP contribution in [0.2, 0.25) is 0 Å². The third-order valence-corrected chi connectivity index (χ3v) is 4.97. The van der Waals surface area contributed by atoms with Gasteiger partial charge in [0.05, 0.1) is 32.8 Å². The van der Waals surface area contributed by atoms with E-state index in [0.29, 0.717) is 26.3 Å². The molecule has 1 aromatic carbocycles. The van der Waals surface area contributed by atoms with E-state index in [2.05, 4.69) is 17.1 Å². The van der Waals surface area contributed by atoms with Gasteiger partial charge in [0.1, 0.15) is 0 Å². The number of hydrogen-bond acceptors (Lipinski definition) is 5. The number of aliphatic imine (C=N–C) groups is 1. The van der Waals surface area contributed by atoms with Crippen molar-refractivity contribution in [1.82, 2.24) is 10.2 Å². The van der Waals surface area contributed by atoms with Crippen LogP contribution in [0.25, 0.3) is 0 Å². The van der Waals surface area contributed by atoms with Crippen LogP contribution in [-0.4, -0.2) is 56.8 Å². The molecule has 0 aliphatic carbocycles. The average molecular weight is 503 g/mol. The number of esters is 1. The zero-order chi connectivity index (χ0) is 19.2. The van der Waals surface area contributed by atoms with E-state index in [4.69, 9.17) is 19.2 Å². The monoisotopic (exact) mass is 503 g/mol. The molecular formula is C20H30IN3O4. The standard InChI is InChI=1S/C20H29N3O4.HI/c1-4-21-20(23-12-14(2)16(13-23)19(24)25-3)22-11-15-6-7-17-18(10-15)27-9-5-8-26-17;/h6-7,10,14,16H,4-5,8-9,11-13H2,1-3H3,(H,21,22);1H. The molecule has 1 fully saturated rings. The summed E-state index contributed by atoms with van der Waals surface area (Å²) in [7, 11) is 1.45. The topological polar surface area (TPSA) is 72.4 Å². The molecule has 1 N–H and O–H groups in total. The number of benzene rings is 1. The van der Waals surface area contributed by atoms with Crippen LogP contribution in [0, 0.1) is 11.8 Å². The number of hydrogen-bond donors (Lipinski definition) is 1. The fourth-order valence-electron chi connectivity index (χ4n) is 3.50. The molecule has 7 nitrogen and oxygen atoms in total. The van der Waals surface area contributed by atoms with Crippen molar-refractivity contribution in [1.29, 1.82) is 0 Å². The van der Waals surface area contributed by atoms with Crippen LogP contribution in [0.1, 0.15) is 25.8 Å². The Balaban J connectivity index is 0.00000280. The second-order valence-corrected chi connectivity index (χ2v) is 7.01. The molecule has 2 atom stereocenters. The number of likely N-dealkylation sites (tertiary alicyclic amines) is 1. The van der Waals surface area contributed by atoms with Gasteiger partial charge in [0.15, 0.2) is 17.5 Å². The Morgan fingerprint density at radius 1 is 1.29 bits per heavy atom. The highest BCUT2D eigenvalue weighted by molar-refractivity contribution is 14.0. The lowest BCUT2D eigenvalue weighted by molar-refractivity contribution is -0.145. The SMILES string of the molecule is CCNC(=NCc1ccc2c(c1)OCCCO2)N1CC(C)C(C(=O)OC)C1.I. The fourth-order valence-corrected chi connectivity index (χ4v) is 3.50. The Morgan fingerprint density at radius 2 is 2.04 bits per heavy atom. The lowest BCUT2D eigenvalue weighted by Crippen LogP contribution is -2.40. The second kappa shape index (κ2) is 10.7. The van der Waals surface area contributed by atoms with Crippen LogP contribution in [0.4, 0.5) is 0 Å². The molecule has 8 heteroatoms. The van der Waals surface area contributed by atoms with Crippen molar-refractivity contribution in [3.63, 3.8) is 0 Å². The van der Waals surface area contributed by atoms with Crippen molar-refractivity contribution in [2.24, 2.45) is 16.8 Å². The Bertz CT molecular complexity index is 698. The highest BCUT2D eigenvalue weighted by atomic mass is 127. The summed E-state index contributed by atoms with van der Waals surface area (Å²) in [5, 5.41) is 3.33. The van der Waals surface area contributed by atoms with Gasteiger partial charge in [-0.1, -0.05) is 13.0 Å². The second-order valence-electron chi connectivity index (χ2n) is 7.01. The molecule has 156 valence electrons. The van der Waals surface area contributed by atoms with E-state index in [0.717, 1.165) is 42.5 Å². The fraction of sp³-hybridized carbons (Fsp3) is 0.600. The molecule has 28 heavy (non-hydrogen) atoms. The maximum Gasteiger partial charge on any atom is 0.310 e. The smallest absolute Gasteiger partial charge is 0.310 e. The Labute approximate surface area is 183 Å². The molecule has 0 amide bonds. The van der Waals surface area contributed by atoms with Gasteiger partial charge in [0.2, 0.25) is 0 Å². The van der Waals surface area contributed by atoms with Crippen LogP contribution >= 0.6 is 24.0 Å². The molecule has 1 aromatic rings. The van der Waals surface area contributed by atoms with Gasteiger partial charge in [0.25, 0.3) is 0 Å². The predicted molar refractivity (Wildman–Crippen MR) is 119 cm³/mol. The van der Waals surface area contributed by atoms with Gasteiger partial charge in [-0.15, -0.1) is 24.0 Å². The molecule has 0 saturated carbocycles. The van der Waals surface area contributed by atoms with E-state index in [1.54, 1.807) is 0 Å². The van der Waals surface area contributed by atoms with E-state index >= 15 is 0 Å². The minimum atomic E-state index is -0.149. The molecule has 2 aliphatic heterocycles. The summed E-state index contributed by atoms with van der Waals surface area (Å²) in [5.41, 5.74) is 1.06. The molecule has 1 saturated heterocycles. The number of methoxy groups -OCH3 is 1. The van der Waals surface area contributed by atoms with E-state index in [-0.39, 0.29) is 41.8 Å². The van der Waals surface area contributed by atoms with E-state index in [9.17, 15) is 4.79 Å². The first kappa shape index (κ1) is 22.6. The van der Waals surface area contributed by atoms with Gasteiger partial charge in [-0.25, -0.2) is 4.99 Å². The number of fused-ring (bicyclic) bond motifs is 1. The van der Waals surface area contributed by atoms with Gasteiger partial charge in [-0.2, -0.15) is 0 Å². The summed E-state index contributed by atoms with van der Waals surface area (Å²) in [6.07, 6.45) is 0.890. The van der Waals surface area contributed by atoms with E-state index in [1.807, 2.05) is 25.1 Å². The summed E-state index contributed by atoms with van der Waals surface area (Å²) in [6.45, 7) is 8.19. The number of nitrogens with one attached hydrogen (secondary N) is 1. The molecule has 0 radical (unpaired) electrons. The maximum absolute atomic E-state index is 12.0. The van der Waals surface area contributed by atoms with Crippen LogP contribution in [-0.2, 0) is 16.1 Å². The lowest BCUT2D eigenvalue weighted by Gasteiger charge is -2.21. The molecule has 2 unspecified atom stereocenters. The van der Waals surface area contributed by atoms with Gasteiger partial charge in [0, 0.05) is 26.1 Å². The number of nitrogens with zero attached hydrogens (tertiary/aromatic N) is 2. The highest BCUT2D eigenvalue weighted by Gasteiger charge is 2.36. The molecular weight excluding hydrogens is 473 g/mol. The summed E-state index contributed by atoms with van der Waals surface area (Å²) < 4.78 is 16.4. The minimum absolute atomic E-state index is 0. The number of guanidine groups is 1. The van der Waals surface area contributed by atoms with Crippen molar-refractivity contribution in [2.75, 3.05) is 40.0 Å². The molecule has 2 aliphatic rings. The van der Waals surface area contributed by atoms with Crippen molar-refractivity contribution in [2.45, 2.75) is 26.8 Å². The molecule has 2 heterocycles. The first-order chi connectivity index (χ1) is 13.1. The number of ether oxygens (including phenoxy) is 3. The van der Waals surface area contributed by atoms with Crippen LogP contribution in [0.5, 0.6) is 11.5 Å². The van der Waals surface area contributed by atoms with Crippen molar-refractivity contribution in [3.8, 4) is 11.5 Å². The third kappa shape index (κ3) is 5.42. The first-order valence-electron chi connectivity index (χ1n) is 9.62. The Hall–Kier alpha value is -1.71. The van der Waals surface area contributed by atoms with Crippen molar-refractivity contribution < 1.29 is 19.0 Å². The third-order valence-electron chi connectivity index (χ3n) is 4.97. The quantitative estimate of drug-likeness (QED) is 0.295. The summed E-state index contributed by atoms with van der Waals surface area (Å²) in [6, 6.07) is 5.96. The highest BCUT2D eigenvalue weighted by Crippen LogP contribution is 2.30. The zero-order valence-corrected chi connectivity index (χ0v) is 19.1. The van der Waals surface area contributed by atoms with Crippen LogP contribution < -0.4 is 14.8 Å². The summed E-state index contributed by atoms with van der Waals surface area (Å²) >= 11 is 0. The van der Waals surface area contributed by atoms with Crippen molar-refractivity contribution in [3.05, 3.63) is 23.8 Å². The Morgan fingerprint density at radius 3 is 2.75 bits per heavy atom. The van der Waals surface area contributed by atoms with E-state index < -0.39 is 0 Å². The first-order valence-corrected chi connectivity index (χ1v) is 9.62. The minimum Gasteiger partial charge on any atom is -0.490 e. The van der Waals surface area contributed by atoms with Crippen LogP contribution in [0.15, 0.2) is 23.2 Å². The molecule has 0 spiro atoms. The van der Waals surface area contributed by atoms with E-state index in [1.165, 1.54) is 7.11 Å². The molecule has 3 rings (SSSR count). The predicted octanol–water partition coefficient (Wildman–Crippen LogP) is 2.67. The summed E-state index contributed by atoms with van der Waals surface area (Å²) in [5.74, 6) is 2.37. The normalized spacial score (nSPS) is 21.5. The van der Waals surface area contributed by atoms with Gasteiger partial charge in [-0.05, 0) is 30.5 Å². The number of rotatable bonds is 4. The Kier molecular flexibility index (Phi) is 8.65. The average Bonchev–Trinajstić information content (AvgIpc) is 2.91. The molecule has 0 aromatic heterocycles. The lowest BCUT2D eigenvalue weighted by atomic mass is 9.99. The number of carbonyl (C=O) groups is 1. The summed E-state index contributed by atoms with van der Waals surface area (Å²) in [4.78, 5) is 18.9. The largest absolute Gasteiger partial charge is 0.490 e. The van der Waals surface area contributed by atoms with Gasteiger partial charge >= 0.3 is 5.97 Å². The number of halogens is 1.